The van der Waals surface area contributed by atoms with Crippen LogP contribution >= 0.6 is 23.8 Å². The second-order valence-corrected chi connectivity index (χ2v) is 6.13. The Morgan fingerprint density at radius 3 is 2.37 bits per heavy atom. The molecule has 0 saturated carbocycles. The van der Waals surface area contributed by atoms with Crippen molar-refractivity contribution in [1.29, 1.82) is 0 Å². The van der Waals surface area contributed by atoms with Crippen LogP contribution in [-0.2, 0) is 0 Å². The van der Waals surface area contributed by atoms with Gasteiger partial charge in [-0.15, -0.1) is 0 Å². The normalized spacial score (nSPS) is 11.0. The fourth-order valence-corrected chi connectivity index (χ4v) is 2.89. The SMILES string of the molecule is COc1cc(OC)c(/C=N/n2c(-c3ccccc3Cl)n[nH]c2=S)c(OC)c1. The van der Waals surface area contributed by atoms with Crippen LogP contribution < -0.4 is 14.2 Å². The molecule has 0 aliphatic rings. The van der Waals surface area contributed by atoms with Crippen molar-refractivity contribution in [3.63, 3.8) is 0 Å². The van der Waals surface area contributed by atoms with Crippen molar-refractivity contribution >= 4 is 30.0 Å². The molecule has 1 aromatic heterocycles. The zero-order chi connectivity index (χ0) is 19.4. The predicted molar refractivity (Wildman–Crippen MR) is 107 cm³/mol. The fraction of sp³-hybridized carbons (Fsp3) is 0.167. The number of methoxy groups -OCH3 is 3. The van der Waals surface area contributed by atoms with Gasteiger partial charge in [0.15, 0.2) is 5.82 Å². The van der Waals surface area contributed by atoms with Gasteiger partial charge in [-0.1, -0.05) is 23.7 Å². The molecule has 0 atom stereocenters. The van der Waals surface area contributed by atoms with Crippen molar-refractivity contribution in [3.05, 3.63) is 51.8 Å². The van der Waals surface area contributed by atoms with Gasteiger partial charge in [0.25, 0.3) is 0 Å². The largest absolute Gasteiger partial charge is 0.496 e. The topological polar surface area (TPSA) is 73.7 Å². The van der Waals surface area contributed by atoms with Crippen molar-refractivity contribution in [2.24, 2.45) is 5.10 Å². The third-order valence-corrected chi connectivity index (χ3v) is 4.41. The minimum absolute atomic E-state index is 0.326. The Morgan fingerprint density at radius 1 is 1.11 bits per heavy atom. The van der Waals surface area contributed by atoms with E-state index in [4.69, 9.17) is 38.0 Å². The van der Waals surface area contributed by atoms with Crippen molar-refractivity contribution in [3.8, 4) is 28.6 Å². The van der Waals surface area contributed by atoms with Gasteiger partial charge in [0.05, 0.1) is 38.1 Å². The molecule has 0 fully saturated rings. The lowest BCUT2D eigenvalue weighted by Crippen LogP contribution is -2.00. The highest BCUT2D eigenvalue weighted by Gasteiger charge is 2.14. The van der Waals surface area contributed by atoms with Crippen molar-refractivity contribution in [2.45, 2.75) is 0 Å². The molecule has 0 bridgehead atoms. The molecule has 2 aromatic carbocycles. The van der Waals surface area contributed by atoms with E-state index in [0.717, 1.165) is 0 Å². The molecule has 0 amide bonds. The van der Waals surface area contributed by atoms with Crippen molar-refractivity contribution in [1.82, 2.24) is 14.9 Å². The maximum absolute atomic E-state index is 6.28. The number of ether oxygens (including phenoxy) is 3. The van der Waals surface area contributed by atoms with Gasteiger partial charge in [-0.3, -0.25) is 0 Å². The molecule has 3 rings (SSSR count). The summed E-state index contributed by atoms with van der Waals surface area (Å²) in [7, 11) is 4.69. The molecule has 0 spiro atoms. The van der Waals surface area contributed by atoms with Gasteiger partial charge in [0.2, 0.25) is 4.77 Å². The van der Waals surface area contributed by atoms with Gasteiger partial charge in [-0.2, -0.15) is 14.9 Å². The van der Waals surface area contributed by atoms with Crippen LogP contribution in [-0.4, -0.2) is 42.4 Å². The molecule has 0 saturated heterocycles. The molecule has 9 heteroatoms. The summed E-state index contributed by atoms with van der Waals surface area (Å²) in [6.45, 7) is 0. The maximum atomic E-state index is 6.28. The van der Waals surface area contributed by atoms with Crippen LogP contribution in [0.15, 0.2) is 41.5 Å². The maximum Gasteiger partial charge on any atom is 0.216 e. The predicted octanol–water partition coefficient (Wildman–Crippen LogP) is 4.17. The summed E-state index contributed by atoms with van der Waals surface area (Å²) in [5, 5.41) is 12.0. The Bertz CT molecular complexity index is 1020. The van der Waals surface area contributed by atoms with Gasteiger partial charge in [0.1, 0.15) is 17.2 Å². The molecule has 1 N–H and O–H groups in total. The molecule has 1 heterocycles. The Kier molecular flexibility index (Phi) is 5.78. The third kappa shape index (κ3) is 3.81. The summed E-state index contributed by atoms with van der Waals surface area (Å²) in [6, 6.07) is 10.8. The van der Waals surface area contributed by atoms with E-state index in [1.54, 1.807) is 45.7 Å². The van der Waals surface area contributed by atoms with E-state index in [1.807, 2.05) is 18.2 Å². The lowest BCUT2D eigenvalue weighted by Gasteiger charge is -2.12. The smallest absolute Gasteiger partial charge is 0.216 e. The number of halogens is 1. The van der Waals surface area contributed by atoms with E-state index in [-0.39, 0.29) is 0 Å². The van der Waals surface area contributed by atoms with E-state index in [9.17, 15) is 0 Å². The summed E-state index contributed by atoms with van der Waals surface area (Å²) in [5.74, 6) is 2.19. The third-order valence-electron chi connectivity index (χ3n) is 3.82. The first-order chi connectivity index (χ1) is 13.1. The zero-order valence-corrected chi connectivity index (χ0v) is 16.5. The van der Waals surface area contributed by atoms with E-state index >= 15 is 0 Å². The molecule has 27 heavy (non-hydrogen) atoms. The summed E-state index contributed by atoms with van der Waals surface area (Å²) >= 11 is 11.6. The molecule has 7 nitrogen and oxygen atoms in total. The number of aromatic nitrogens is 3. The standard InChI is InChI=1S/C18H17ClN4O3S/c1-24-11-8-15(25-2)13(16(9-11)26-3)10-20-23-17(21-22-18(23)27)12-6-4-5-7-14(12)19/h4-10H,1-3H3,(H,22,27)/b20-10+. The highest BCUT2D eigenvalue weighted by Crippen LogP contribution is 2.33. The van der Waals surface area contributed by atoms with Crippen LogP contribution in [0.4, 0.5) is 0 Å². The number of hydrogen-bond acceptors (Lipinski definition) is 6. The summed E-state index contributed by atoms with van der Waals surface area (Å²) < 4.78 is 17.9. The second-order valence-electron chi connectivity index (χ2n) is 5.33. The molecular formula is C18H17ClN4O3S. The van der Waals surface area contributed by atoms with Gasteiger partial charge >= 0.3 is 0 Å². The quantitative estimate of drug-likeness (QED) is 0.493. The van der Waals surface area contributed by atoms with E-state index in [2.05, 4.69) is 15.3 Å². The first-order valence-electron chi connectivity index (χ1n) is 7.85. The Hall–Kier alpha value is -2.84. The minimum atomic E-state index is 0.326. The Labute approximate surface area is 166 Å². The van der Waals surface area contributed by atoms with E-state index in [1.165, 1.54) is 4.68 Å². The monoisotopic (exact) mass is 404 g/mol. The molecule has 0 unspecified atom stereocenters. The van der Waals surface area contributed by atoms with Crippen LogP contribution in [0.2, 0.25) is 5.02 Å². The van der Waals surface area contributed by atoms with Crippen LogP contribution in [0.25, 0.3) is 11.4 Å². The highest BCUT2D eigenvalue weighted by molar-refractivity contribution is 7.71. The minimum Gasteiger partial charge on any atom is -0.496 e. The lowest BCUT2D eigenvalue weighted by molar-refractivity contribution is 0.374. The highest BCUT2D eigenvalue weighted by atomic mass is 35.5. The first kappa shape index (κ1) is 18.9. The number of aromatic amines is 1. The number of rotatable bonds is 6. The van der Waals surface area contributed by atoms with Crippen molar-refractivity contribution < 1.29 is 14.2 Å². The van der Waals surface area contributed by atoms with Gasteiger partial charge in [-0.05, 0) is 24.4 Å². The molecular weight excluding hydrogens is 388 g/mol. The summed E-state index contributed by atoms with van der Waals surface area (Å²) in [6.07, 6.45) is 1.59. The molecule has 0 aliphatic heterocycles. The van der Waals surface area contributed by atoms with Crippen LogP contribution in [0.1, 0.15) is 5.56 Å². The Balaban J connectivity index is 2.10. The number of benzene rings is 2. The molecule has 0 radical (unpaired) electrons. The summed E-state index contributed by atoms with van der Waals surface area (Å²) in [5.41, 5.74) is 1.34. The van der Waals surface area contributed by atoms with Gasteiger partial charge < -0.3 is 14.2 Å². The molecule has 3 aromatic rings. The second kappa shape index (κ2) is 8.24. The number of hydrogen-bond donors (Lipinski definition) is 1. The van der Waals surface area contributed by atoms with Crippen LogP contribution in [0.5, 0.6) is 17.2 Å². The van der Waals surface area contributed by atoms with Gasteiger partial charge in [-0.25, -0.2) is 5.10 Å². The Morgan fingerprint density at radius 2 is 1.78 bits per heavy atom. The average molecular weight is 405 g/mol. The van der Waals surface area contributed by atoms with Gasteiger partial charge in [0, 0.05) is 17.7 Å². The van der Waals surface area contributed by atoms with E-state index in [0.29, 0.717) is 44.0 Å². The summed E-state index contributed by atoms with van der Waals surface area (Å²) in [4.78, 5) is 0. The number of nitrogens with zero attached hydrogens (tertiary/aromatic N) is 3. The average Bonchev–Trinajstić information content (AvgIpc) is 3.06. The number of H-pyrrole nitrogens is 1. The first-order valence-corrected chi connectivity index (χ1v) is 8.64. The molecule has 0 aliphatic carbocycles. The fourth-order valence-electron chi connectivity index (χ4n) is 2.49. The zero-order valence-electron chi connectivity index (χ0n) is 14.9. The van der Waals surface area contributed by atoms with Crippen LogP contribution in [0.3, 0.4) is 0 Å². The van der Waals surface area contributed by atoms with Crippen LogP contribution in [0, 0.1) is 4.77 Å². The lowest BCUT2D eigenvalue weighted by atomic mass is 10.2. The van der Waals surface area contributed by atoms with E-state index < -0.39 is 0 Å². The number of nitrogens with one attached hydrogen (secondary N) is 1. The molecule has 140 valence electrons. The van der Waals surface area contributed by atoms with Crippen molar-refractivity contribution in [2.75, 3.05) is 21.3 Å².